The first kappa shape index (κ1) is 101. The van der Waals surface area contributed by atoms with Crippen LogP contribution in [0.25, 0.3) is 66.3 Å². The standard InChI is InChI=1S/C33H36N2O.C32H38N2O3.C31H32N2O.C30H32ClFN2O2/c1-4-23-9-11-24(12-10-23)25-13-15-26(16-14-25)27-17-18-29-30(19-20-34-32(29)21-27)33(36)35-31-8-6-5-7-28(31)22(2)3;1-4-22-6-8-23(9-7-22)24-10-12-25(13-11-24)26-14-19-30-31(20-26)37-28(5-2)21-34(30)32(35)33-27-15-17-29(36-3)18-16-27;1-3-22-9-11-23(12-10-22)24-13-15-25(16-14-24)26-17-18-28-29(19-21(2)32-30(28)20-26)31(34)33-27-7-5-4-6-8-27;1-3-20-4-6-21(7-5-20)22-8-10-23(11-9-22)24-12-15-28-29(16-24)36-19(2)18-34(28)30(35)33-27-14-13-25(31)17-26(27)32/h5-8,13-24H,4,9-12H2,1-3H3,(H,35,36);10-20,22-23,28H,4-9,21H2,1-3H3,(H,33,35);4-8,13-20,22-23H,3,9-12H2,1-2H3,(H,33,34);8-17,19-21H,3-7,18H2,1-2H3,(H,33,35). The molecule has 4 saturated carbocycles. The van der Waals surface area contributed by atoms with Crippen LogP contribution in [0.3, 0.4) is 0 Å². The average molecular weight is 1930 g/mol. The number of halogens is 2. The summed E-state index contributed by atoms with van der Waals surface area (Å²) >= 11 is 5.83. The summed E-state index contributed by atoms with van der Waals surface area (Å²) in [6.07, 6.45) is 28.7. The van der Waals surface area contributed by atoms with E-state index >= 15 is 0 Å². The molecule has 2 aromatic heterocycles. The van der Waals surface area contributed by atoms with E-state index in [2.05, 4.69) is 214 Å². The van der Waals surface area contributed by atoms with Crippen molar-refractivity contribution >= 4 is 91.4 Å². The first-order chi connectivity index (χ1) is 69.6. The number of fused-ring (bicyclic) bond motifs is 4. The van der Waals surface area contributed by atoms with Crippen molar-refractivity contribution in [3.05, 3.63) is 341 Å². The third-order valence-electron chi connectivity index (χ3n) is 31.0. The number of hydrogen-bond acceptors (Lipinski definition) is 9. The fraction of sp³-hybridized carbons (Fsp3) is 0.349. The minimum Gasteiger partial charge on any atom is -0.497 e. The topological polar surface area (TPSA) is 176 Å². The molecule has 17 heteroatoms. The lowest BCUT2D eigenvalue weighted by atomic mass is 9.77. The van der Waals surface area contributed by atoms with Gasteiger partial charge in [0.05, 0.1) is 59.4 Å². The van der Waals surface area contributed by atoms with Gasteiger partial charge in [-0.2, -0.15) is 0 Å². The minimum absolute atomic E-state index is 0.0509. The van der Waals surface area contributed by atoms with E-state index in [1.165, 1.54) is 179 Å². The highest BCUT2D eigenvalue weighted by Gasteiger charge is 2.34. The van der Waals surface area contributed by atoms with Crippen LogP contribution in [-0.2, 0) is 0 Å². The maximum Gasteiger partial charge on any atom is 0.326 e. The Morgan fingerprint density at radius 1 is 0.406 bits per heavy atom. The summed E-state index contributed by atoms with van der Waals surface area (Å²) in [5.41, 5.74) is 23.7. The Balaban J connectivity index is 0.000000131. The number of aryl methyl sites for hydroxylation is 1. The molecular weight excluding hydrogens is 1790 g/mol. The lowest BCUT2D eigenvalue weighted by Gasteiger charge is -2.35. The van der Waals surface area contributed by atoms with Gasteiger partial charge in [0.15, 0.2) is 0 Å². The molecule has 6 amide bonds. The smallest absolute Gasteiger partial charge is 0.326 e. The first-order valence-corrected chi connectivity index (χ1v) is 52.9. The van der Waals surface area contributed by atoms with Crippen molar-refractivity contribution in [3.8, 4) is 61.8 Å². The summed E-state index contributed by atoms with van der Waals surface area (Å²) in [7, 11) is 1.63. The molecule has 4 heterocycles. The van der Waals surface area contributed by atoms with E-state index in [0.717, 1.165) is 125 Å². The molecule has 12 aromatic carbocycles. The van der Waals surface area contributed by atoms with E-state index in [0.29, 0.717) is 65.2 Å². The highest BCUT2D eigenvalue weighted by molar-refractivity contribution is 6.30. The van der Waals surface area contributed by atoms with Crippen LogP contribution in [0.2, 0.25) is 5.02 Å². The highest BCUT2D eigenvalue weighted by Crippen LogP contribution is 2.47. The number of ether oxygens (including phenoxy) is 3. The van der Waals surface area contributed by atoms with Crippen LogP contribution < -0.4 is 45.3 Å². The van der Waals surface area contributed by atoms with Gasteiger partial charge in [-0.05, 0) is 358 Å². The molecule has 0 radical (unpaired) electrons. The van der Waals surface area contributed by atoms with E-state index in [1.54, 1.807) is 35.2 Å². The van der Waals surface area contributed by atoms with Crippen LogP contribution >= 0.6 is 11.6 Å². The number of aromatic nitrogens is 2. The van der Waals surface area contributed by atoms with Crippen molar-refractivity contribution < 1.29 is 37.8 Å². The van der Waals surface area contributed by atoms with Gasteiger partial charge >= 0.3 is 12.1 Å². The zero-order valence-corrected chi connectivity index (χ0v) is 85.4. The number of pyridine rings is 2. The Morgan fingerprint density at radius 2 is 0.825 bits per heavy atom. The summed E-state index contributed by atoms with van der Waals surface area (Å²) in [6.45, 7) is 20.3. The zero-order chi connectivity index (χ0) is 99.6. The molecule has 4 aliphatic carbocycles. The van der Waals surface area contributed by atoms with Gasteiger partial charge in [0.1, 0.15) is 35.3 Å². The number of hydrogen-bond donors (Lipinski definition) is 4. The largest absolute Gasteiger partial charge is 0.497 e. The SMILES string of the molecule is CCC1CCC(c2ccc(-c3ccc4c(C(=O)Nc5ccccc5)cc(C)nc4c3)cc2)CC1.CCC1CCC(c2ccc(-c3ccc4c(C(=O)Nc5ccccc5C(C)C)ccnc4c3)cc2)CC1.CCC1CCC(c2ccc(-c3ccc4c(c3)OC(C)CN4C(=O)Nc3ccc(Cl)cc3F)cc2)CC1.CCC1CCC(c2ccc(-c3ccc4c(c3)OC(CC)CN4C(=O)Nc3ccc(OC)cc3)cc2)CC1. The lowest BCUT2D eigenvalue weighted by molar-refractivity contribution is 0.102. The number of carbonyl (C=O) groups is 4. The number of amides is 6. The van der Waals surface area contributed by atoms with Crippen molar-refractivity contribution in [2.75, 3.05) is 51.3 Å². The molecule has 15 nitrogen and oxygen atoms in total. The monoisotopic (exact) mass is 1930 g/mol. The van der Waals surface area contributed by atoms with Gasteiger partial charge in [-0.3, -0.25) is 29.4 Å². The number of methoxy groups -OCH3 is 1. The molecule has 738 valence electrons. The summed E-state index contributed by atoms with van der Waals surface area (Å²) in [6, 6.07) is 92.8. The van der Waals surface area contributed by atoms with Crippen LogP contribution in [0, 0.1) is 36.4 Å². The molecule has 0 saturated heterocycles. The second-order valence-corrected chi connectivity index (χ2v) is 41.0. The summed E-state index contributed by atoms with van der Waals surface area (Å²) in [5.74, 6) is 8.07. The molecule has 4 N–H and O–H groups in total. The molecule has 20 rings (SSSR count). The maximum atomic E-state index is 14.2. The summed E-state index contributed by atoms with van der Waals surface area (Å²) in [5, 5.41) is 13.8. The molecule has 143 heavy (non-hydrogen) atoms. The van der Waals surface area contributed by atoms with E-state index in [-0.39, 0.29) is 40.8 Å². The third-order valence-corrected chi connectivity index (χ3v) is 31.2. The van der Waals surface area contributed by atoms with Crippen LogP contribution in [0.1, 0.15) is 274 Å². The van der Waals surface area contributed by atoms with Gasteiger partial charge in [0.25, 0.3) is 11.8 Å². The molecule has 6 aliphatic rings. The highest BCUT2D eigenvalue weighted by atomic mass is 35.5. The Morgan fingerprint density at radius 3 is 1.29 bits per heavy atom. The minimum atomic E-state index is -0.574. The van der Waals surface area contributed by atoms with Crippen molar-refractivity contribution in [2.45, 2.75) is 239 Å². The Hall–Kier alpha value is -13.4. The molecule has 2 unspecified atom stereocenters. The van der Waals surface area contributed by atoms with Crippen molar-refractivity contribution in [1.29, 1.82) is 0 Å². The lowest BCUT2D eigenvalue weighted by Crippen LogP contribution is -2.45. The van der Waals surface area contributed by atoms with Gasteiger partial charge in [0.2, 0.25) is 0 Å². The molecule has 0 spiro atoms. The normalized spacial score (nSPS) is 19.6. The van der Waals surface area contributed by atoms with Crippen LogP contribution in [-0.4, -0.2) is 66.3 Å². The third kappa shape index (κ3) is 25.1. The van der Waals surface area contributed by atoms with E-state index in [9.17, 15) is 23.6 Å². The van der Waals surface area contributed by atoms with Crippen molar-refractivity contribution in [3.63, 3.8) is 0 Å². The van der Waals surface area contributed by atoms with Crippen molar-refractivity contribution in [1.82, 2.24) is 9.97 Å². The second-order valence-electron chi connectivity index (χ2n) is 40.5. The molecular formula is C126H138ClFN8O7. The average Bonchev–Trinajstić information content (AvgIpc) is 0.787. The fourth-order valence-electron chi connectivity index (χ4n) is 22.1. The van der Waals surface area contributed by atoms with E-state index in [4.69, 9.17) is 30.8 Å². The van der Waals surface area contributed by atoms with Crippen LogP contribution in [0.5, 0.6) is 17.2 Å². The number of anilines is 6. The quantitative estimate of drug-likeness (QED) is 0.0545. The number of para-hydroxylation sites is 2. The number of nitrogens with one attached hydrogen (secondary N) is 4. The first-order valence-electron chi connectivity index (χ1n) is 52.5. The zero-order valence-electron chi connectivity index (χ0n) is 84.7. The predicted octanol–water partition coefficient (Wildman–Crippen LogP) is 34.0. The number of benzene rings is 12. The Bertz CT molecular complexity index is 6690. The van der Waals surface area contributed by atoms with Gasteiger partial charge < -0.3 is 35.5 Å². The predicted molar refractivity (Wildman–Crippen MR) is 588 cm³/mol. The number of nitrogens with zero attached hydrogens (tertiary/aromatic N) is 4. The summed E-state index contributed by atoms with van der Waals surface area (Å²) in [4.78, 5) is 65.3. The van der Waals surface area contributed by atoms with E-state index in [1.807, 2.05) is 129 Å². The molecule has 0 bridgehead atoms. The molecule has 2 aliphatic heterocycles. The number of rotatable bonds is 21. The fourth-order valence-corrected chi connectivity index (χ4v) is 22.2. The Labute approximate surface area is 850 Å². The molecule has 4 fully saturated rings. The van der Waals surface area contributed by atoms with E-state index < -0.39 is 11.8 Å². The van der Waals surface area contributed by atoms with Gasteiger partial charge in [-0.25, -0.2) is 14.0 Å². The van der Waals surface area contributed by atoms with Gasteiger partial charge in [-0.15, -0.1) is 0 Å². The van der Waals surface area contributed by atoms with Crippen LogP contribution in [0.15, 0.2) is 285 Å². The molecule has 14 aromatic rings. The number of carbonyl (C=O) groups excluding carboxylic acids is 4. The van der Waals surface area contributed by atoms with Crippen LogP contribution in [0.4, 0.5) is 48.1 Å². The summed E-state index contributed by atoms with van der Waals surface area (Å²) < 4.78 is 31.8. The van der Waals surface area contributed by atoms with Gasteiger partial charge in [-0.1, -0.05) is 256 Å². The number of urea groups is 2. The van der Waals surface area contributed by atoms with Crippen molar-refractivity contribution in [2.24, 2.45) is 23.7 Å². The van der Waals surface area contributed by atoms with Gasteiger partial charge in [0, 0.05) is 44.7 Å². The Kier molecular flexibility index (Phi) is 33.7. The maximum absolute atomic E-state index is 14.2. The molecule has 2 atom stereocenters. The second kappa shape index (κ2) is 47.6.